The molecule has 0 saturated carbocycles. The minimum Gasteiger partial charge on any atom is -0.360 e. The Morgan fingerprint density at radius 2 is 2.29 bits per heavy atom. The van der Waals surface area contributed by atoms with Gasteiger partial charge >= 0.3 is 0 Å². The van der Waals surface area contributed by atoms with Gasteiger partial charge < -0.3 is 4.98 Å². The molecule has 14 heavy (non-hydrogen) atoms. The zero-order valence-electron chi connectivity index (χ0n) is 7.51. The van der Waals surface area contributed by atoms with E-state index in [0.717, 1.165) is 11.5 Å². The largest absolute Gasteiger partial charge is 0.360 e. The maximum Gasteiger partial charge on any atom is 0.146 e. The Morgan fingerprint density at radius 1 is 1.29 bits per heavy atom. The van der Waals surface area contributed by atoms with Gasteiger partial charge in [0, 0.05) is 12.4 Å². The van der Waals surface area contributed by atoms with Gasteiger partial charge in [-0.1, -0.05) is 6.07 Å². The molecule has 0 fully saturated rings. The molecule has 0 unspecified atom stereocenters. The zero-order valence-corrected chi connectivity index (χ0v) is 7.51. The van der Waals surface area contributed by atoms with E-state index in [2.05, 4.69) is 20.5 Å². The first kappa shape index (κ1) is 8.50. The van der Waals surface area contributed by atoms with Crippen molar-refractivity contribution in [2.75, 3.05) is 5.43 Å². The van der Waals surface area contributed by atoms with Gasteiger partial charge in [0.1, 0.15) is 5.82 Å². The average molecular weight is 186 g/mol. The van der Waals surface area contributed by atoms with Crippen LogP contribution in [0.25, 0.3) is 0 Å². The molecule has 70 valence electrons. The van der Waals surface area contributed by atoms with Crippen molar-refractivity contribution < 1.29 is 0 Å². The molecule has 0 bridgehead atoms. The molecule has 0 aliphatic heterocycles. The van der Waals surface area contributed by atoms with Crippen molar-refractivity contribution in [2.45, 2.75) is 0 Å². The average Bonchev–Trinajstić information content (AvgIpc) is 2.72. The quantitative estimate of drug-likeness (QED) is 0.567. The monoisotopic (exact) mass is 186 g/mol. The summed E-state index contributed by atoms with van der Waals surface area (Å²) in [5.74, 6) is 0.732. The molecule has 0 atom stereocenters. The van der Waals surface area contributed by atoms with Gasteiger partial charge in [-0.3, -0.25) is 5.43 Å². The summed E-state index contributed by atoms with van der Waals surface area (Å²) >= 11 is 0. The fourth-order valence-electron chi connectivity index (χ4n) is 1.02. The van der Waals surface area contributed by atoms with Gasteiger partial charge in [0.25, 0.3) is 0 Å². The van der Waals surface area contributed by atoms with E-state index < -0.39 is 0 Å². The van der Waals surface area contributed by atoms with E-state index in [1.807, 2.05) is 36.5 Å². The van der Waals surface area contributed by atoms with E-state index in [4.69, 9.17) is 0 Å². The maximum absolute atomic E-state index is 4.06. The molecule has 2 rings (SSSR count). The summed E-state index contributed by atoms with van der Waals surface area (Å²) in [6.07, 6.45) is 5.27. The van der Waals surface area contributed by atoms with E-state index in [1.165, 1.54) is 0 Å². The first-order valence-electron chi connectivity index (χ1n) is 4.28. The maximum atomic E-state index is 4.06. The lowest BCUT2D eigenvalue weighted by Gasteiger charge is -1.95. The molecular weight excluding hydrogens is 176 g/mol. The van der Waals surface area contributed by atoms with Crippen molar-refractivity contribution in [1.82, 2.24) is 9.97 Å². The summed E-state index contributed by atoms with van der Waals surface area (Å²) in [6.45, 7) is 0. The number of hydrogen-bond acceptors (Lipinski definition) is 3. The van der Waals surface area contributed by atoms with Crippen LogP contribution in [0, 0.1) is 0 Å². The number of pyridine rings is 1. The predicted octanol–water partition coefficient (Wildman–Crippen LogP) is 1.86. The van der Waals surface area contributed by atoms with Crippen LogP contribution in [-0.2, 0) is 0 Å². The highest BCUT2D eigenvalue weighted by molar-refractivity contribution is 5.77. The topological polar surface area (TPSA) is 53.1 Å². The number of aromatic amines is 1. The van der Waals surface area contributed by atoms with Gasteiger partial charge in [0.2, 0.25) is 0 Å². The van der Waals surface area contributed by atoms with E-state index in [0.29, 0.717) is 0 Å². The molecule has 4 heteroatoms. The molecule has 2 heterocycles. The SMILES string of the molecule is C(=N\Nc1ccccn1)/c1ccc[nH]1. The van der Waals surface area contributed by atoms with Gasteiger partial charge in [-0.2, -0.15) is 5.10 Å². The van der Waals surface area contributed by atoms with Gasteiger partial charge in [-0.05, 0) is 24.3 Å². The molecular formula is C10H10N4. The van der Waals surface area contributed by atoms with Crippen LogP contribution in [0.5, 0.6) is 0 Å². The molecule has 2 aromatic heterocycles. The van der Waals surface area contributed by atoms with Gasteiger partial charge in [-0.25, -0.2) is 4.98 Å². The molecule has 0 aromatic carbocycles. The number of H-pyrrole nitrogens is 1. The first-order chi connectivity index (χ1) is 6.95. The smallest absolute Gasteiger partial charge is 0.146 e. The summed E-state index contributed by atoms with van der Waals surface area (Å²) < 4.78 is 0. The van der Waals surface area contributed by atoms with Crippen molar-refractivity contribution >= 4 is 12.0 Å². The number of rotatable bonds is 3. The Balaban J connectivity index is 1.95. The van der Waals surface area contributed by atoms with Crippen LogP contribution >= 0.6 is 0 Å². The lowest BCUT2D eigenvalue weighted by atomic mass is 10.5. The molecule has 0 spiro atoms. The highest BCUT2D eigenvalue weighted by Gasteiger charge is 1.87. The third-order valence-corrected chi connectivity index (χ3v) is 1.67. The second kappa shape index (κ2) is 4.23. The summed E-state index contributed by atoms with van der Waals surface area (Å²) in [5, 5.41) is 4.02. The van der Waals surface area contributed by atoms with Crippen molar-refractivity contribution in [3.63, 3.8) is 0 Å². The third kappa shape index (κ3) is 2.20. The summed E-state index contributed by atoms with van der Waals surface area (Å²) in [5.41, 5.74) is 3.77. The minimum atomic E-state index is 0.732. The van der Waals surface area contributed by atoms with E-state index in [-0.39, 0.29) is 0 Å². The fraction of sp³-hybridized carbons (Fsp3) is 0. The van der Waals surface area contributed by atoms with E-state index >= 15 is 0 Å². The van der Waals surface area contributed by atoms with E-state index in [1.54, 1.807) is 12.4 Å². The Morgan fingerprint density at radius 3 is 3.00 bits per heavy atom. The molecule has 4 nitrogen and oxygen atoms in total. The van der Waals surface area contributed by atoms with Crippen molar-refractivity contribution in [3.8, 4) is 0 Å². The number of anilines is 1. The molecule has 0 saturated heterocycles. The third-order valence-electron chi connectivity index (χ3n) is 1.67. The highest BCUT2D eigenvalue weighted by atomic mass is 15.3. The minimum absolute atomic E-state index is 0.732. The fourth-order valence-corrected chi connectivity index (χ4v) is 1.02. The van der Waals surface area contributed by atoms with E-state index in [9.17, 15) is 0 Å². The molecule has 0 aliphatic carbocycles. The van der Waals surface area contributed by atoms with Gasteiger partial charge in [-0.15, -0.1) is 0 Å². The van der Waals surface area contributed by atoms with Crippen molar-refractivity contribution in [1.29, 1.82) is 0 Å². The van der Waals surface area contributed by atoms with Crippen LogP contribution < -0.4 is 5.43 Å². The lowest BCUT2D eigenvalue weighted by Crippen LogP contribution is -1.92. The van der Waals surface area contributed by atoms with Crippen LogP contribution in [0.4, 0.5) is 5.82 Å². The number of hydrogen-bond donors (Lipinski definition) is 2. The second-order valence-corrected chi connectivity index (χ2v) is 2.71. The molecule has 0 amide bonds. The van der Waals surface area contributed by atoms with Crippen molar-refractivity contribution in [3.05, 3.63) is 48.4 Å². The predicted molar refractivity (Wildman–Crippen MR) is 56.2 cm³/mol. The highest BCUT2D eigenvalue weighted by Crippen LogP contribution is 1.99. The summed E-state index contributed by atoms with van der Waals surface area (Å²) in [4.78, 5) is 7.08. The van der Waals surface area contributed by atoms with Gasteiger partial charge in [0.15, 0.2) is 0 Å². The Hall–Kier alpha value is -2.10. The summed E-state index contributed by atoms with van der Waals surface area (Å²) in [6, 6.07) is 9.47. The Kier molecular flexibility index (Phi) is 2.56. The van der Waals surface area contributed by atoms with Crippen LogP contribution in [0.1, 0.15) is 5.69 Å². The van der Waals surface area contributed by atoms with Crippen LogP contribution in [0.3, 0.4) is 0 Å². The number of nitrogens with zero attached hydrogens (tertiary/aromatic N) is 2. The van der Waals surface area contributed by atoms with Crippen LogP contribution in [0.15, 0.2) is 47.8 Å². The lowest BCUT2D eigenvalue weighted by molar-refractivity contribution is 1.23. The van der Waals surface area contributed by atoms with Crippen molar-refractivity contribution in [2.24, 2.45) is 5.10 Å². The van der Waals surface area contributed by atoms with Crippen LogP contribution in [0.2, 0.25) is 0 Å². The normalized spacial score (nSPS) is 10.6. The zero-order chi connectivity index (χ0) is 9.64. The molecule has 2 aromatic rings. The Labute approximate surface area is 81.7 Å². The standard InChI is InChI=1S/C10H10N4/c1-2-6-12-10(5-1)14-13-8-9-4-3-7-11-9/h1-8,11H,(H,12,14)/b13-8+. The molecule has 0 radical (unpaired) electrons. The summed E-state index contributed by atoms with van der Waals surface area (Å²) in [7, 11) is 0. The first-order valence-corrected chi connectivity index (χ1v) is 4.28. The van der Waals surface area contributed by atoms with Gasteiger partial charge in [0.05, 0.1) is 11.9 Å². The Bertz CT molecular complexity index is 391. The second-order valence-electron chi connectivity index (χ2n) is 2.71. The number of nitrogens with one attached hydrogen (secondary N) is 2. The molecule has 0 aliphatic rings. The number of hydrazone groups is 1. The van der Waals surface area contributed by atoms with Crippen LogP contribution in [-0.4, -0.2) is 16.2 Å². The number of aromatic nitrogens is 2. The molecule has 2 N–H and O–H groups in total.